The van der Waals surface area contributed by atoms with Gasteiger partial charge in [0.25, 0.3) is 0 Å². The highest BCUT2D eigenvalue weighted by atomic mass is 32.1. The molecule has 1 aromatic carbocycles. The summed E-state index contributed by atoms with van der Waals surface area (Å²) in [7, 11) is 0. The maximum Gasteiger partial charge on any atom is 0.223 e. The first-order valence-corrected chi connectivity index (χ1v) is 6.25. The van der Waals surface area contributed by atoms with E-state index in [2.05, 4.69) is 12.6 Å². The summed E-state index contributed by atoms with van der Waals surface area (Å²) in [6.07, 6.45) is 0.464. The van der Waals surface area contributed by atoms with E-state index in [-0.39, 0.29) is 24.5 Å². The third-order valence-corrected chi connectivity index (χ3v) is 3.64. The van der Waals surface area contributed by atoms with E-state index in [4.69, 9.17) is 5.11 Å². The van der Waals surface area contributed by atoms with Crippen LogP contribution in [-0.2, 0) is 4.79 Å². The molecule has 0 bridgehead atoms. The van der Waals surface area contributed by atoms with Crippen LogP contribution in [-0.4, -0.2) is 29.1 Å². The third-order valence-electron chi connectivity index (χ3n) is 3.34. The second-order valence-corrected chi connectivity index (χ2v) is 5.08. The predicted octanol–water partition coefficient (Wildman–Crippen LogP) is 1.88. The van der Waals surface area contributed by atoms with E-state index < -0.39 is 0 Å². The fourth-order valence-electron chi connectivity index (χ4n) is 2.24. The number of nitrogens with zero attached hydrogens (tertiary/aromatic N) is 1. The molecule has 1 fully saturated rings. The van der Waals surface area contributed by atoms with Crippen molar-refractivity contribution >= 4 is 18.5 Å². The zero-order chi connectivity index (χ0) is 12.4. The first-order valence-electron chi connectivity index (χ1n) is 5.81. The molecule has 1 heterocycles. The Morgan fingerprint density at radius 1 is 1.47 bits per heavy atom. The monoisotopic (exact) mass is 251 g/mol. The standard InChI is InChI=1S/C13H17NO2S/c1-9(11-2-4-12(17)5-3-11)14-7-10(8-15)6-13(14)16/h2-5,9-10,15,17H,6-8H2,1H3/t9-,10?/m1/s1. The number of aliphatic hydroxyl groups excluding tert-OH is 1. The summed E-state index contributed by atoms with van der Waals surface area (Å²) in [5.41, 5.74) is 1.11. The molecule has 1 saturated heterocycles. The largest absolute Gasteiger partial charge is 0.396 e. The Labute approximate surface area is 107 Å². The third kappa shape index (κ3) is 2.64. The van der Waals surface area contributed by atoms with Gasteiger partial charge in [-0.15, -0.1) is 12.6 Å². The minimum absolute atomic E-state index is 0.0629. The maximum atomic E-state index is 11.8. The molecule has 0 spiro atoms. The van der Waals surface area contributed by atoms with Gasteiger partial charge in [-0.3, -0.25) is 4.79 Å². The van der Waals surface area contributed by atoms with Crippen molar-refractivity contribution < 1.29 is 9.90 Å². The van der Waals surface area contributed by atoms with Gasteiger partial charge in [-0.2, -0.15) is 0 Å². The van der Waals surface area contributed by atoms with Crippen molar-refractivity contribution in [1.29, 1.82) is 0 Å². The number of benzene rings is 1. The van der Waals surface area contributed by atoms with Crippen molar-refractivity contribution in [3.63, 3.8) is 0 Å². The summed E-state index contributed by atoms with van der Waals surface area (Å²) in [5, 5.41) is 9.10. The minimum Gasteiger partial charge on any atom is -0.396 e. The number of carbonyl (C=O) groups is 1. The van der Waals surface area contributed by atoms with Crippen LogP contribution < -0.4 is 0 Å². The van der Waals surface area contributed by atoms with E-state index in [0.29, 0.717) is 13.0 Å². The van der Waals surface area contributed by atoms with Gasteiger partial charge in [0.2, 0.25) is 5.91 Å². The van der Waals surface area contributed by atoms with E-state index >= 15 is 0 Å². The first-order chi connectivity index (χ1) is 8.11. The van der Waals surface area contributed by atoms with Crippen LogP contribution in [0.2, 0.25) is 0 Å². The van der Waals surface area contributed by atoms with E-state index in [1.165, 1.54) is 0 Å². The van der Waals surface area contributed by atoms with Gasteiger partial charge >= 0.3 is 0 Å². The Bertz CT molecular complexity index is 404. The van der Waals surface area contributed by atoms with E-state index in [1.807, 2.05) is 36.1 Å². The zero-order valence-electron chi connectivity index (χ0n) is 9.84. The lowest BCUT2D eigenvalue weighted by atomic mass is 10.1. The summed E-state index contributed by atoms with van der Waals surface area (Å²) < 4.78 is 0. The normalized spacial score (nSPS) is 21.9. The Kier molecular flexibility index (Phi) is 3.74. The summed E-state index contributed by atoms with van der Waals surface area (Å²) in [6, 6.07) is 7.91. The van der Waals surface area contributed by atoms with Crippen LogP contribution in [0.1, 0.15) is 24.9 Å². The molecule has 1 aliphatic rings. The van der Waals surface area contributed by atoms with Gasteiger partial charge < -0.3 is 10.0 Å². The van der Waals surface area contributed by atoms with Crippen LogP contribution >= 0.6 is 12.6 Å². The molecule has 4 heteroatoms. The van der Waals surface area contributed by atoms with E-state index in [1.54, 1.807) is 0 Å². The SMILES string of the molecule is C[C@H](c1ccc(S)cc1)N1CC(CO)CC1=O. The maximum absolute atomic E-state index is 11.8. The van der Waals surface area contributed by atoms with Crippen LogP contribution in [0.4, 0.5) is 0 Å². The van der Waals surface area contributed by atoms with Crippen LogP contribution in [0, 0.1) is 5.92 Å². The van der Waals surface area contributed by atoms with Crippen molar-refractivity contribution in [3.05, 3.63) is 29.8 Å². The minimum atomic E-state index is 0.0629. The molecule has 1 aromatic rings. The zero-order valence-corrected chi connectivity index (χ0v) is 10.7. The molecule has 2 rings (SSSR count). The number of likely N-dealkylation sites (tertiary alicyclic amines) is 1. The van der Waals surface area contributed by atoms with Gasteiger partial charge in [-0.25, -0.2) is 0 Å². The van der Waals surface area contributed by atoms with Gasteiger partial charge in [0, 0.05) is 30.4 Å². The quantitative estimate of drug-likeness (QED) is 0.805. The molecule has 0 saturated carbocycles. The second-order valence-electron chi connectivity index (χ2n) is 4.57. The predicted molar refractivity (Wildman–Crippen MR) is 69.0 cm³/mol. The highest BCUT2D eigenvalue weighted by Crippen LogP contribution is 2.28. The molecule has 2 atom stereocenters. The summed E-state index contributed by atoms with van der Waals surface area (Å²) in [5.74, 6) is 0.223. The molecule has 1 N–H and O–H groups in total. The van der Waals surface area contributed by atoms with Crippen LogP contribution in [0.3, 0.4) is 0 Å². The second kappa shape index (κ2) is 5.10. The molecular weight excluding hydrogens is 234 g/mol. The molecule has 0 radical (unpaired) electrons. The van der Waals surface area contributed by atoms with Crippen LogP contribution in [0.15, 0.2) is 29.2 Å². The Morgan fingerprint density at radius 2 is 2.12 bits per heavy atom. The van der Waals surface area contributed by atoms with Crippen molar-refractivity contribution in [3.8, 4) is 0 Å². The lowest BCUT2D eigenvalue weighted by Crippen LogP contribution is -2.28. The number of aliphatic hydroxyl groups is 1. The highest BCUT2D eigenvalue weighted by Gasteiger charge is 2.32. The molecular formula is C13H17NO2S. The number of hydrogen-bond acceptors (Lipinski definition) is 3. The van der Waals surface area contributed by atoms with Crippen molar-refractivity contribution in [2.75, 3.05) is 13.2 Å². The number of amides is 1. The molecule has 1 amide bonds. The molecule has 1 unspecified atom stereocenters. The van der Waals surface area contributed by atoms with Gasteiger partial charge in [0.05, 0.1) is 6.04 Å². The van der Waals surface area contributed by atoms with Crippen molar-refractivity contribution in [2.45, 2.75) is 24.3 Å². The number of rotatable bonds is 3. The molecule has 3 nitrogen and oxygen atoms in total. The van der Waals surface area contributed by atoms with Crippen LogP contribution in [0.25, 0.3) is 0 Å². The fourth-order valence-corrected chi connectivity index (χ4v) is 2.39. The van der Waals surface area contributed by atoms with Crippen LogP contribution in [0.5, 0.6) is 0 Å². The Hall–Kier alpha value is -1.00. The average Bonchev–Trinajstić information content (AvgIpc) is 2.71. The smallest absolute Gasteiger partial charge is 0.223 e. The molecule has 92 valence electrons. The van der Waals surface area contributed by atoms with E-state index in [0.717, 1.165) is 10.5 Å². The van der Waals surface area contributed by atoms with Gasteiger partial charge in [0.1, 0.15) is 0 Å². The lowest BCUT2D eigenvalue weighted by molar-refractivity contribution is -0.129. The average molecular weight is 251 g/mol. The van der Waals surface area contributed by atoms with Gasteiger partial charge in [0.15, 0.2) is 0 Å². The topological polar surface area (TPSA) is 40.5 Å². The highest BCUT2D eigenvalue weighted by molar-refractivity contribution is 7.80. The summed E-state index contributed by atoms with van der Waals surface area (Å²) >= 11 is 4.24. The lowest BCUT2D eigenvalue weighted by Gasteiger charge is -2.25. The number of hydrogen-bond donors (Lipinski definition) is 2. The first kappa shape index (κ1) is 12.5. The molecule has 17 heavy (non-hydrogen) atoms. The van der Waals surface area contributed by atoms with Crippen molar-refractivity contribution in [2.24, 2.45) is 5.92 Å². The molecule has 0 aromatic heterocycles. The summed E-state index contributed by atoms with van der Waals surface area (Å²) in [4.78, 5) is 14.6. The fraction of sp³-hybridized carbons (Fsp3) is 0.462. The molecule has 1 aliphatic heterocycles. The van der Waals surface area contributed by atoms with Gasteiger partial charge in [-0.1, -0.05) is 12.1 Å². The summed E-state index contributed by atoms with van der Waals surface area (Å²) in [6.45, 7) is 2.76. The number of carbonyl (C=O) groups excluding carboxylic acids is 1. The van der Waals surface area contributed by atoms with Gasteiger partial charge in [-0.05, 0) is 24.6 Å². The number of thiol groups is 1. The Balaban J connectivity index is 2.12. The van der Waals surface area contributed by atoms with Crippen molar-refractivity contribution in [1.82, 2.24) is 4.90 Å². The Morgan fingerprint density at radius 3 is 2.65 bits per heavy atom. The molecule has 0 aliphatic carbocycles. The van der Waals surface area contributed by atoms with E-state index in [9.17, 15) is 4.79 Å².